The van der Waals surface area contributed by atoms with Gasteiger partial charge < -0.3 is 0 Å². The Labute approximate surface area is 168 Å². The molecule has 0 fully saturated rings. The third kappa shape index (κ3) is 4.19. The fourth-order valence-corrected chi connectivity index (χ4v) is 2.95. The summed E-state index contributed by atoms with van der Waals surface area (Å²) in [6.45, 7) is 2.01. The number of anilines is 1. The Balaban J connectivity index is 1.76. The summed E-state index contributed by atoms with van der Waals surface area (Å²) in [6.07, 6.45) is 0. The number of nitrogens with one attached hydrogen (secondary N) is 1. The van der Waals surface area contributed by atoms with Crippen LogP contribution in [0.4, 0.5) is 10.3 Å². The van der Waals surface area contributed by atoms with Crippen molar-refractivity contribution in [2.75, 3.05) is 5.32 Å². The van der Waals surface area contributed by atoms with E-state index < -0.39 is 11.7 Å². The van der Waals surface area contributed by atoms with Gasteiger partial charge in [0.25, 0.3) is 5.91 Å². The molecule has 0 spiro atoms. The lowest BCUT2D eigenvalue weighted by atomic mass is 10.1. The molecule has 1 amide bonds. The highest BCUT2D eigenvalue weighted by atomic mass is 19.1. The Kier molecular flexibility index (Phi) is 5.12. The van der Waals surface area contributed by atoms with Crippen LogP contribution in [0.3, 0.4) is 0 Å². The molecule has 29 heavy (non-hydrogen) atoms. The van der Waals surface area contributed by atoms with E-state index >= 15 is 0 Å². The van der Waals surface area contributed by atoms with Crippen LogP contribution in [-0.4, -0.2) is 15.9 Å². The van der Waals surface area contributed by atoms with Crippen LogP contribution >= 0.6 is 0 Å². The zero-order valence-corrected chi connectivity index (χ0v) is 15.8. The lowest BCUT2D eigenvalue weighted by Gasteiger charge is -2.10. The van der Waals surface area contributed by atoms with E-state index in [1.54, 1.807) is 6.07 Å². The van der Waals surface area contributed by atoms with E-state index in [0.29, 0.717) is 11.4 Å². The number of rotatable bonds is 4. The Morgan fingerprint density at radius 1 is 0.793 bits per heavy atom. The molecule has 4 nitrogen and oxygen atoms in total. The molecule has 142 valence electrons. The predicted octanol–water partition coefficient (Wildman–Crippen LogP) is 5.51. The quantitative estimate of drug-likeness (QED) is 0.505. The molecular weight excluding hydrogens is 365 g/mol. The molecule has 1 aromatic heterocycles. The van der Waals surface area contributed by atoms with Crippen molar-refractivity contribution < 1.29 is 9.18 Å². The number of nitrogens with zero attached hydrogens (tertiary/aromatic N) is 2. The summed E-state index contributed by atoms with van der Waals surface area (Å²) in [4.78, 5) is 21.5. The van der Waals surface area contributed by atoms with Crippen LogP contribution in [0.1, 0.15) is 15.9 Å². The molecule has 4 rings (SSSR count). The summed E-state index contributed by atoms with van der Waals surface area (Å²) in [5, 5.41) is 2.63. The highest BCUT2D eigenvalue weighted by Gasteiger charge is 2.15. The standard InChI is InChI=1S/C24H18FN3O/c1-16-11-13-18(14-12-16)22-15-21(17-7-3-2-4-8-17)26-24(27-22)28-23(29)19-9-5-6-10-20(19)25/h2-15H,1H3,(H,26,27,28,29). The van der Waals surface area contributed by atoms with Crippen molar-refractivity contribution in [2.45, 2.75) is 6.92 Å². The normalized spacial score (nSPS) is 10.6. The van der Waals surface area contributed by atoms with E-state index in [0.717, 1.165) is 16.7 Å². The van der Waals surface area contributed by atoms with Crippen molar-refractivity contribution in [1.82, 2.24) is 9.97 Å². The second-order valence-corrected chi connectivity index (χ2v) is 6.63. The van der Waals surface area contributed by atoms with Gasteiger partial charge >= 0.3 is 0 Å². The molecule has 1 heterocycles. The second kappa shape index (κ2) is 8.02. The number of carbonyl (C=O) groups is 1. The molecule has 0 unspecified atom stereocenters. The van der Waals surface area contributed by atoms with Gasteiger partial charge in [-0.15, -0.1) is 0 Å². The maximum absolute atomic E-state index is 14.0. The third-order valence-corrected chi connectivity index (χ3v) is 4.49. The first-order chi connectivity index (χ1) is 14.1. The van der Waals surface area contributed by atoms with Crippen molar-refractivity contribution in [1.29, 1.82) is 0 Å². The SMILES string of the molecule is Cc1ccc(-c2cc(-c3ccccc3)nc(NC(=O)c3ccccc3F)n2)cc1. The first kappa shape index (κ1) is 18.5. The fraction of sp³-hybridized carbons (Fsp3) is 0.0417. The van der Waals surface area contributed by atoms with Crippen molar-refractivity contribution in [3.05, 3.63) is 102 Å². The molecule has 1 N–H and O–H groups in total. The Morgan fingerprint density at radius 2 is 1.38 bits per heavy atom. The van der Waals surface area contributed by atoms with Crippen molar-refractivity contribution in [3.8, 4) is 22.5 Å². The van der Waals surface area contributed by atoms with Crippen LogP contribution in [0.5, 0.6) is 0 Å². The van der Waals surface area contributed by atoms with Crippen LogP contribution in [0.2, 0.25) is 0 Å². The average molecular weight is 383 g/mol. The number of aryl methyl sites for hydroxylation is 1. The zero-order chi connectivity index (χ0) is 20.2. The Hall–Kier alpha value is -3.86. The van der Waals surface area contributed by atoms with E-state index in [2.05, 4.69) is 15.3 Å². The molecule has 0 aliphatic rings. The summed E-state index contributed by atoms with van der Waals surface area (Å²) in [7, 11) is 0. The average Bonchev–Trinajstić information content (AvgIpc) is 2.75. The second-order valence-electron chi connectivity index (χ2n) is 6.63. The molecule has 0 saturated carbocycles. The van der Waals surface area contributed by atoms with Gasteiger partial charge in [-0.2, -0.15) is 0 Å². The monoisotopic (exact) mass is 383 g/mol. The van der Waals surface area contributed by atoms with Gasteiger partial charge in [-0.05, 0) is 25.1 Å². The molecule has 3 aromatic carbocycles. The van der Waals surface area contributed by atoms with Crippen LogP contribution in [0.15, 0.2) is 84.9 Å². The van der Waals surface area contributed by atoms with Crippen LogP contribution in [-0.2, 0) is 0 Å². The molecule has 0 saturated heterocycles. The van der Waals surface area contributed by atoms with E-state index in [-0.39, 0.29) is 11.5 Å². The molecule has 0 atom stereocenters. The van der Waals surface area contributed by atoms with Crippen LogP contribution < -0.4 is 5.32 Å². The smallest absolute Gasteiger partial charge is 0.260 e. The fourth-order valence-electron chi connectivity index (χ4n) is 2.95. The summed E-state index contributed by atoms with van der Waals surface area (Å²) in [5.41, 5.74) is 4.21. The number of halogens is 1. The maximum atomic E-state index is 14.0. The Morgan fingerprint density at radius 3 is 2.03 bits per heavy atom. The number of hydrogen-bond donors (Lipinski definition) is 1. The van der Waals surface area contributed by atoms with E-state index in [1.165, 1.54) is 18.2 Å². The van der Waals surface area contributed by atoms with Gasteiger partial charge in [0, 0.05) is 11.1 Å². The highest BCUT2D eigenvalue weighted by Crippen LogP contribution is 2.25. The molecule has 0 aliphatic carbocycles. The molecule has 0 bridgehead atoms. The lowest BCUT2D eigenvalue weighted by molar-refractivity contribution is 0.102. The molecule has 4 aromatic rings. The van der Waals surface area contributed by atoms with Crippen molar-refractivity contribution >= 4 is 11.9 Å². The summed E-state index contributed by atoms with van der Waals surface area (Å²) < 4.78 is 14.0. The van der Waals surface area contributed by atoms with E-state index in [9.17, 15) is 9.18 Å². The van der Waals surface area contributed by atoms with Gasteiger partial charge in [0.1, 0.15) is 5.82 Å². The van der Waals surface area contributed by atoms with Crippen molar-refractivity contribution in [2.24, 2.45) is 0 Å². The molecule has 0 aliphatic heterocycles. The van der Waals surface area contributed by atoms with Gasteiger partial charge in [-0.25, -0.2) is 14.4 Å². The summed E-state index contributed by atoms with van der Waals surface area (Å²) in [6, 6.07) is 25.2. The third-order valence-electron chi connectivity index (χ3n) is 4.49. The maximum Gasteiger partial charge on any atom is 0.260 e. The summed E-state index contributed by atoms with van der Waals surface area (Å²) in [5.74, 6) is -1.07. The van der Waals surface area contributed by atoms with Crippen molar-refractivity contribution in [3.63, 3.8) is 0 Å². The van der Waals surface area contributed by atoms with Gasteiger partial charge in [0.05, 0.1) is 17.0 Å². The number of amides is 1. The van der Waals surface area contributed by atoms with Gasteiger partial charge in [0.15, 0.2) is 0 Å². The topological polar surface area (TPSA) is 54.9 Å². The largest absolute Gasteiger partial charge is 0.290 e. The van der Waals surface area contributed by atoms with Gasteiger partial charge in [0.2, 0.25) is 5.95 Å². The molecule has 5 heteroatoms. The minimum Gasteiger partial charge on any atom is -0.290 e. The van der Waals surface area contributed by atoms with E-state index in [1.807, 2.05) is 67.6 Å². The Bertz CT molecular complexity index is 1160. The number of benzene rings is 3. The first-order valence-electron chi connectivity index (χ1n) is 9.17. The number of hydrogen-bond acceptors (Lipinski definition) is 3. The molecule has 0 radical (unpaired) electrons. The predicted molar refractivity (Wildman–Crippen MR) is 112 cm³/mol. The summed E-state index contributed by atoms with van der Waals surface area (Å²) >= 11 is 0. The molecular formula is C24H18FN3O. The van der Waals surface area contributed by atoms with Crippen LogP contribution in [0.25, 0.3) is 22.5 Å². The minimum atomic E-state index is -0.594. The first-order valence-corrected chi connectivity index (χ1v) is 9.17. The van der Waals surface area contributed by atoms with Gasteiger partial charge in [-0.3, -0.25) is 10.1 Å². The lowest BCUT2D eigenvalue weighted by Crippen LogP contribution is -2.16. The highest BCUT2D eigenvalue weighted by molar-refractivity contribution is 6.03. The van der Waals surface area contributed by atoms with Crippen LogP contribution in [0, 0.1) is 12.7 Å². The number of carbonyl (C=O) groups excluding carboxylic acids is 1. The minimum absolute atomic E-state index is 0.0573. The number of aromatic nitrogens is 2. The van der Waals surface area contributed by atoms with Gasteiger partial charge in [-0.1, -0.05) is 72.3 Å². The van der Waals surface area contributed by atoms with E-state index in [4.69, 9.17) is 0 Å². The zero-order valence-electron chi connectivity index (χ0n) is 15.8.